The molecule has 0 spiro atoms. The number of nitrogens with one attached hydrogen (secondary N) is 1. The van der Waals surface area contributed by atoms with E-state index in [1.807, 2.05) is 0 Å². The number of hydrogen-bond donors (Lipinski definition) is 1. The molecule has 3 heteroatoms. The number of halogens is 1. The molecule has 1 N–H and O–H groups in total. The van der Waals surface area contributed by atoms with Crippen molar-refractivity contribution in [2.24, 2.45) is 5.92 Å². The third kappa shape index (κ3) is 1.75. The second kappa shape index (κ2) is 3.97. The van der Waals surface area contributed by atoms with Gasteiger partial charge in [0.15, 0.2) is 5.78 Å². The van der Waals surface area contributed by atoms with Crippen LogP contribution >= 0.6 is 12.4 Å². The molecule has 0 amide bonds. The standard InChI is InChI=1S/C10H17NO.ClH/c1-10(8-4-2-5-8)9(12)6-3-7-11-10;/h8,11H,2-7H2,1H3;1H. The van der Waals surface area contributed by atoms with Crippen molar-refractivity contribution < 1.29 is 4.79 Å². The van der Waals surface area contributed by atoms with Gasteiger partial charge < -0.3 is 5.32 Å². The topological polar surface area (TPSA) is 29.1 Å². The van der Waals surface area contributed by atoms with Gasteiger partial charge in [0.25, 0.3) is 0 Å². The lowest BCUT2D eigenvalue weighted by Gasteiger charge is -2.44. The number of Topliss-reactive ketones (excluding diaryl/α,β-unsaturated/α-hetero) is 1. The Bertz CT molecular complexity index is 203. The minimum absolute atomic E-state index is 0. The third-order valence-corrected chi connectivity index (χ3v) is 3.57. The second-order valence-electron chi connectivity index (χ2n) is 4.28. The monoisotopic (exact) mass is 203 g/mol. The zero-order valence-corrected chi connectivity index (χ0v) is 8.95. The number of ketones is 1. The highest BCUT2D eigenvalue weighted by atomic mass is 35.5. The van der Waals surface area contributed by atoms with Crippen molar-refractivity contribution in [3.63, 3.8) is 0 Å². The summed E-state index contributed by atoms with van der Waals surface area (Å²) in [6, 6.07) is 0. The van der Waals surface area contributed by atoms with E-state index in [-0.39, 0.29) is 17.9 Å². The number of rotatable bonds is 1. The molecule has 1 aliphatic heterocycles. The number of carbonyl (C=O) groups excluding carboxylic acids is 1. The molecule has 0 aromatic heterocycles. The van der Waals surface area contributed by atoms with Gasteiger partial charge in [0.2, 0.25) is 0 Å². The normalized spacial score (nSPS) is 35.0. The van der Waals surface area contributed by atoms with Crippen molar-refractivity contribution in [1.29, 1.82) is 0 Å². The van der Waals surface area contributed by atoms with E-state index in [1.54, 1.807) is 0 Å². The first-order chi connectivity index (χ1) is 5.73. The van der Waals surface area contributed by atoms with Gasteiger partial charge in [-0.1, -0.05) is 6.42 Å². The fourth-order valence-corrected chi connectivity index (χ4v) is 2.31. The van der Waals surface area contributed by atoms with Crippen LogP contribution in [0.15, 0.2) is 0 Å². The van der Waals surface area contributed by atoms with Crippen molar-refractivity contribution in [2.75, 3.05) is 6.54 Å². The van der Waals surface area contributed by atoms with Gasteiger partial charge in [0.1, 0.15) is 0 Å². The Morgan fingerprint density at radius 3 is 2.54 bits per heavy atom. The van der Waals surface area contributed by atoms with Crippen molar-refractivity contribution in [1.82, 2.24) is 5.32 Å². The van der Waals surface area contributed by atoms with Crippen LogP contribution in [-0.2, 0) is 4.79 Å². The van der Waals surface area contributed by atoms with Gasteiger partial charge in [-0.05, 0) is 38.6 Å². The van der Waals surface area contributed by atoms with Gasteiger partial charge in [0.05, 0.1) is 5.54 Å². The van der Waals surface area contributed by atoms with Crippen LogP contribution in [0.25, 0.3) is 0 Å². The number of hydrogen-bond acceptors (Lipinski definition) is 2. The van der Waals surface area contributed by atoms with Crippen molar-refractivity contribution >= 4 is 18.2 Å². The Morgan fingerprint density at radius 2 is 2.08 bits per heavy atom. The van der Waals surface area contributed by atoms with Crippen molar-refractivity contribution in [3.8, 4) is 0 Å². The Balaban J connectivity index is 0.000000845. The molecule has 0 aromatic carbocycles. The Hall–Kier alpha value is -0.0800. The van der Waals surface area contributed by atoms with Gasteiger partial charge in [-0.3, -0.25) is 4.79 Å². The van der Waals surface area contributed by atoms with Crippen LogP contribution in [0.3, 0.4) is 0 Å². The zero-order chi connectivity index (χ0) is 8.60. The molecule has 2 aliphatic rings. The van der Waals surface area contributed by atoms with E-state index in [0.717, 1.165) is 19.4 Å². The average Bonchev–Trinajstić information content (AvgIpc) is 1.92. The fourth-order valence-electron chi connectivity index (χ4n) is 2.31. The molecule has 0 radical (unpaired) electrons. The van der Waals surface area contributed by atoms with Crippen molar-refractivity contribution in [2.45, 2.75) is 44.6 Å². The largest absolute Gasteiger partial charge is 0.305 e. The van der Waals surface area contributed by atoms with E-state index in [4.69, 9.17) is 0 Å². The fraction of sp³-hybridized carbons (Fsp3) is 0.900. The highest BCUT2D eigenvalue weighted by Gasteiger charge is 2.44. The zero-order valence-electron chi connectivity index (χ0n) is 8.14. The summed E-state index contributed by atoms with van der Waals surface area (Å²) in [5.41, 5.74) is -0.156. The Morgan fingerprint density at radius 1 is 1.38 bits per heavy atom. The molecule has 0 bridgehead atoms. The predicted molar refractivity (Wildman–Crippen MR) is 55.2 cm³/mol. The molecule has 1 unspecified atom stereocenters. The van der Waals surface area contributed by atoms with E-state index >= 15 is 0 Å². The summed E-state index contributed by atoms with van der Waals surface area (Å²) in [6.07, 6.45) is 5.63. The van der Waals surface area contributed by atoms with Crippen LogP contribution in [0, 0.1) is 5.92 Å². The lowest BCUT2D eigenvalue weighted by Crippen LogP contribution is -2.59. The molecule has 0 aromatic rings. The Labute approximate surface area is 85.9 Å². The smallest absolute Gasteiger partial charge is 0.152 e. The molecule has 1 aliphatic carbocycles. The van der Waals surface area contributed by atoms with E-state index in [9.17, 15) is 4.79 Å². The van der Waals surface area contributed by atoms with Gasteiger partial charge in [0, 0.05) is 6.42 Å². The summed E-state index contributed by atoms with van der Waals surface area (Å²) in [4.78, 5) is 11.7. The van der Waals surface area contributed by atoms with Gasteiger partial charge in [-0.25, -0.2) is 0 Å². The lowest BCUT2D eigenvalue weighted by atomic mass is 9.68. The van der Waals surface area contributed by atoms with E-state index in [0.29, 0.717) is 11.7 Å². The number of carbonyl (C=O) groups is 1. The molecule has 1 heterocycles. The molecular weight excluding hydrogens is 186 g/mol. The maximum Gasteiger partial charge on any atom is 0.152 e. The SMILES string of the molecule is CC1(C2CCC2)NCCCC1=O.Cl. The highest BCUT2D eigenvalue weighted by molar-refractivity contribution is 5.89. The van der Waals surface area contributed by atoms with Crippen LogP contribution in [0.1, 0.15) is 39.0 Å². The molecule has 1 saturated carbocycles. The van der Waals surface area contributed by atoms with E-state index < -0.39 is 0 Å². The van der Waals surface area contributed by atoms with E-state index in [2.05, 4.69) is 12.2 Å². The van der Waals surface area contributed by atoms with Crippen LogP contribution < -0.4 is 5.32 Å². The first kappa shape index (κ1) is 11.0. The van der Waals surface area contributed by atoms with Gasteiger partial charge in [-0.2, -0.15) is 0 Å². The molecule has 76 valence electrons. The molecule has 1 saturated heterocycles. The maximum absolute atomic E-state index is 11.7. The van der Waals surface area contributed by atoms with Crippen molar-refractivity contribution in [3.05, 3.63) is 0 Å². The molecule has 13 heavy (non-hydrogen) atoms. The molecule has 2 rings (SSSR count). The van der Waals surface area contributed by atoms with Gasteiger partial charge >= 0.3 is 0 Å². The summed E-state index contributed by atoms with van der Waals surface area (Å²) < 4.78 is 0. The average molecular weight is 204 g/mol. The van der Waals surface area contributed by atoms with Crippen LogP contribution in [0.4, 0.5) is 0 Å². The molecular formula is C10H18ClNO. The number of piperidine rings is 1. The summed E-state index contributed by atoms with van der Waals surface area (Å²) in [6.45, 7) is 3.12. The highest BCUT2D eigenvalue weighted by Crippen LogP contribution is 2.38. The van der Waals surface area contributed by atoms with Crippen LogP contribution in [0.2, 0.25) is 0 Å². The predicted octanol–water partition coefficient (Wildman–Crippen LogP) is 1.92. The minimum atomic E-state index is -0.156. The molecule has 2 fully saturated rings. The first-order valence-electron chi connectivity index (χ1n) is 5.02. The summed E-state index contributed by atoms with van der Waals surface area (Å²) >= 11 is 0. The van der Waals surface area contributed by atoms with Crippen LogP contribution in [0.5, 0.6) is 0 Å². The van der Waals surface area contributed by atoms with Crippen LogP contribution in [-0.4, -0.2) is 17.9 Å². The molecule has 2 nitrogen and oxygen atoms in total. The molecule has 1 atom stereocenters. The minimum Gasteiger partial charge on any atom is -0.305 e. The van der Waals surface area contributed by atoms with E-state index in [1.165, 1.54) is 19.3 Å². The Kier molecular flexibility index (Phi) is 3.36. The summed E-state index contributed by atoms with van der Waals surface area (Å²) in [5.74, 6) is 1.07. The quantitative estimate of drug-likeness (QED) is 0.706. The first-order valence-corrected chi connectivity index (χ1v) is 5.02. The van der Waals surface area contributed by atoms with Gasteiger partial charge in [-0.15, -0.1) is 12.4 Å². The third-order valence-electron chi connectivity index (χ3n) is 3.57. The summed E-state index contributed by atoms with van der Waals surface area (Å²) in [7, 11) is 0. The lowest BCUT2D eigenvalue weighted by molar-refractivity contribution is -0.130. The maximum atomic E-state index is 11.7. The second-order valence-corrected chi connectivity index (χ2v) is 4.28. The summed E-state index contributed by atoms with van der Waals surface area (Å²) in [5, 5.41) is 3.40.